The number of hydrogen-bond donors (Lipinski definition) is 2. The van der Waals surface area contributed by atoms with Gasteiger partial charge in [-0.15, -0.1) is 0 Å². The smallest absolute Gasteiger partial charge is 0.221 e. The standard InChI is InChI=1S/C16H24N2O/c1-11-4-7-15(12(2)10-11)13(3)17-9-8-16(19)18-14-5-6-14/h4,7,10,13-14,17H,5-6,8-9H2,1-3H3,(H,18,19). The molecule has 0 saturated heterocycles. The van der Waals surface area contributed by atoms with Gasteiger partial charge >= 0.3 is 0 Å². The Hall–Kier alpha value is -1.35. The summed E-state index contributed by atoms with van der Waals surface area (Å²) in [5, 5.41) is 6.43. The number of benzene rings is 1. The Kier molecular flexibility index (Phi) is 4.59. The van der Waals surface area contributed by atoms with Crippen LogP contribution in [0.5, 0.6) is 0 Å². The van der Waals surface area contributed by atoms with E-state index in [4.69, 9.17) is 0 Å². The molecular weight excluding hydrogens is 236 g/mol. The Bertz CT molecular complexity index is 452. The van der Waals surface area contributed by atoms with Gasteiger partial charge in [0.05, 0.1) is 0 Å². The van der Waals surface area contributed by atoms with Crippen LogP contribution in [0.15, 0.2) is 18.2 Å². The molecule has 1 atom stereocenters. The zero-order valence-electron chi connectivity index (χ0n) is 12.1. The first-order valence-electron chi connectivity index (χ1n) is 7.16. The highest BCUT2D eigenvalue weighted by atomic mass is 16.1. The van der Waals surface area contributed by atoms with Crippen LogP contribution in [0.2, 0.25) is 0 Å². The second kappa shape index (κ2) is 6.20. The van der Waals surface area contributed by atoms with E-state index in [1.54, 1.807) is 0 Å². The predicted molar refractivity (Wildman–Crippen MR) is 78.1 cm³/mol. The van der Waals surface area contributed by atoms with Gasteiger partial charge in [-0.2, -0.15) is 0 Å². The number of carbonyl (C=O) groups is 1. The molecule has 104 valence electrons. The van der Waals surface area contributed by atoms with Gasteiger partial charge in [0.2, 0.25) is 5.91 Å². The molecule has 0 aromatic heterocycles. The molecule has 1 aromatic rings. The molecular formula is C16H24N2O. The van der Waals surface area contributed by atoms with Crippen molar-refractivity contribution in [3.63, 3.8) is 0 Å². The number of rotatable bonds is 6. The molecule has 1 aliphatic rings. The molecule has 1 aromatic carbocycles. The third-order valence-electron chi connectivity index (χ3n) is 3.64. The van der Waals surface area contributed by atoms with E-state index in [-0.39, 0.29) is 11.9 Å². The second-order valence-electron chi connectivity index (χ2n) is 5.63. The fourth-order valence-electron chi connectivity index (χ4n) is 2.35. The van der Waals surface area contributed by atoms with Gasteiger partial charge in [-0.05, 0) is 44.7 Å². The van der Waals surface area contributed by atoms with Crippen molar-refractivity contribution in [3.05, 3.63) is 34.9 Å². The minimum Gasteiger partial charge on any atom is -0.353 e. The monoisotopic (exact) mass is 260 g/mol. The van der Waals surface area contributed by atoms with E-state index in [9.17, 15) is 4.79 Å². The van der Waals surface area contributed by atoms with Gasteiger partial charge in [0.15, 0.2) is 0 Å². The van der Waals surface area contributed by atoms with Crippen molar-refractivity contribution in [1.29, 1.82) is 0 Å². The highest BCUT2D eigenvalue weighted by Gasteiger charge is 2.22. The molecule has 1 aliphatic carbocycles. The summed E-state index contributed by atoms with van der Waals surface area (Å²) in [5.41, 5.74) is 3.91. The fraction of sp³-hybridized carbons (Fsp3) is 0.562. The van der Waals surface area contributed by atoms with E-state index in [0.717, 1.165) is 19.4 Å². The van der Waals surface area contributed by atoms with Gasteiger partial charge in [-0.3, -0.25) is 4.79 Å². The summed E-state index contributed by atoms with van der Waals surface area (Å²) in [6.07, 6.45) is 2.86. The average Bonchev–Trinajstić information content (AvgIpc) is 3.12. The Morgan fingerprint density at radius 3 is 2.74 bits per heavy atom. The van der Waals surface area contributed by atoms with Crippen molar-refractivity contribution in [1.82, 2.24) is 10.6 Å². The number of aryl methyl sites for hydroxylation is 2. The molecule has 0 radical (unpaired) electrons. The molecule has 3 nitrogen and oxygen atoms in total. The minimum absolute atomic E-state index is 0.169. The normalized spacial score (nSPS) is 16.2. The van der Waals surface area contributed by atoms with Crippen LogP contribution in [0.4, 0.5) is 0 Å². The topological polar surface area (TPSA) is 41.1 Å². The Morgan fingerprint density at radius 2 is 2.11 bits per heavy atom. The van der Waals surface area contributed by atoms with E-state index in [2.05, 4.69) is 49.6 Å². The third-order valence-corrected chi connectivity index (χ3v) is 3.64. The Morgan fingerprint density at radius 1 is 1.37 bits per heavy atom. The van der Waals surface area contributed by atoms with Gasteiger partial charge in [0.25, 0.3) is 0 Å². The predicted octanol–water partition coefficient (Wildman–Crippen LogP) is 2.62. The molecule has 19 heavy (non-hydrogen) atoms. The summed E-state index contributed by atoms with van der Waals surface area (Å²) in [6, 6.07) is 7.26. The van der Waals surface area contributed by atoms with E-state index in [1.807, 2.05) is 0 Å². The Labute approximate surface area is 115 Å². The van der Waals surface area contributed by atoms with Gasteiger partial charge in [-0.25, -0.2) is 0 Å². The first-order chi connectivity index (χ1) is 9.06. The summed E-state index contributed by atoms with van der Waals surface area (Å²) in [5.74, 6) is 0.169. The highest BCUT2D eigenvalue weighted by Crippen LogP contribution is 2.19. The number of nitrogens with one attached hydrogen (secondary N) is 2. The zero-order valence-corrected chi connectivity index (χ0v) is 12.1. The van der Waals surface area contributed by atoms with Crippen molar-refractivity contribution in [2.75, 3.05) is 6.54 Å². The van der Waals surface area contributed by atoms with Crippen LogP contribution in [-0.2, 0) is 4.79 Å². The van der Waals surface area contributed by atoms with Crippen LogP contribution in [0.1, 0.15) is 48.9 Å². The van der Waals surface area contributed by atoms with Crippen LogP contribution in [0, 0.1) is 13.8 Å². The number of carbonyl (C=O) groups excluding carboxylic acids is 1. The van der Waals surface area contributed by atoms with Crippen LogP contribution in [0.3, 0.4) is 0 Å². The molecule has 3 heteroatoms. The maximum Gasteiger partial charge on any atom is 0.221 e. The van der Waals surface area contributed by atoms with Crippen LogP contribution >= 0.6 is 0 Å². The third kappa shape index (κ3) is 4.35. The van der Waals surface area contributed by atoms with Crippen LogP contribution < -0.4 is 10.6 Å². The maximum atomic E-state index is 11.6. The van der Waals surface area contributed by atoms with Gasteiger partial charge in [0, 0.05) is 25.0 Å². The van der Waals surface area contributed by atoms with Crippen molar-refractivity contribution in [3.8, 4) is 0 Å². The minimum atomic E-state index is 0.169. The van der Waals surface area contributed by atoms with Crippen molar-refractivity contribution >= 4 is 5.91 Å². The lowest BCUT2D eigenvalue weighted by Crippen LogP contribution is -2.30. The van der Waals surface area contributed by atoms with Crippen molar-refractivity contribution in [2.45, 2.75) is 52.1 Å². The summed E-state index contributed by atoms with van der Waals surface area (Å²) < 4.78 is 0. The summed E-state index contributed by atoms with van der Waals surface area (Å²) in [4.78, 5) is 11.6. The van der Waals surface area contributed by atoms with Gasteiger partial charge in [-0.1, -0.05) is 23.8 Å². The highest BCUT2D eigenvalue weighted by molar-refractivity contribution is 5.76. The van der Waals surface area contributed by atoms with Gasteiger partial charge in [0.1, 0.15) is 0 Å². The second-order valence-corrected chi connectivity index (χ2v) is 5.63. The summed E-state index contributed by atoms with van der Waals surface area (Å²) in [6.45, 7) is 7.13. The van der Waals surface area contributed by atoms with Crippen molar-refractivity contribution in [2.24, 2.45) is 0 Å². The first-order valence-corrected chi connectivity index (χ1v) is 7.16. The molecule has 0 aliphatic heterocycles. The maximum absolute atomic E-state index is 11.6. The molecule has 2 N–H and O–H groups in total. The SMILES string of the molecule is Cc1ccc(C(C)NCCC(=O)NC2CC2)c(C)c1. The van der Waals surface area contributed by atoms with Crippen LogP contribution in [0.25, 0.3) is 0 Å². The molecule has 0 spiro atoms. The molecule has 2 rings (SSSR count). The molecule has 1 unspecified atom stereocenters. The van der Waals surface area contributed by atoms with Crippen molar-refractivity contribution < 1.29 is 4.79 Å². The Balaban J connectivity index is 1.76. The molecule has 0 bridgehead atoms. The average molecular weight is 260 g/mol. The summed E-state index contributed by atoms with van der Waals surface area (Å²) in [7, 11) is 0. The van der Waals surface area contributed by atoms with Crippen LogP contribution in [-0.4, -0.2) is 18.5 Å². The molecule has 1 fully saturated rings. The van der Waals surface area contributed by atoms with Gasteiger partial charge < -0.3 is 10.6 Å². The molecule has 1 amide bonds. The largest absolute Gasteiger partial charge is 0.353 e. The quantitative estimate of drug-likeness (QED) is 0.825. The number of hydrogen-bond acceptors (Lipinski definition) is 2. The summed E-state index contributed by atoms with van der Waals surface area (Å²) >= 11 is 0. The van der Waals surface area contributed by atoms with E-state index in [0.29, 0.717) is 12.5 Å². The lowest BCUT2D eigenvalue weighted by Gasteiger charge is -2.17. The fourth-order valence-corrected chi connectivity index (χ4v) is 2.35. The first kappa shape index (κ1) is 14.1. The van der Waals surface area contributed by atoms with E-state index < -0.39 is 0 Å². The lowest BCUT2D eigenvalue weighted by molar-refractivity contribution is -0.121. The number of amides is 1. The zero-order chi connectivity index (χ0) is 13.8. The molecule has 0 heterocycles. The van der Waals surface area contributed by atoms with E-state index >= 15 is 0 Å². The van der Waals surface area contributed by atoms with E-state index in [1.165, 1.54) is 16.7 Å². The lowest BCUT2D eigenvalue weighted by atomic mass is 10.0. The molecule has 1 saturated carbocycles.